The van der Waals surface area contributed by atoms with Gasteiger partial charge >= 0.3 is 5.97 Å². The van der Waals surface area contributed by atoms with E-state index >= 15 is 0 Å². The van der Waals surface area contributed by atoms with Crippen molar-refractivity contribution < 1.29 is 62.8 Å². The molecule has 3 fully saturated rings. The Morgan fingerprint density at radius 1 is 0.849 bits per heavy atom. The number of cyclic esters (lactones) is 1. The van der Waals surface area contributed by atoms with E-state index < -0.39 is 102 Å². The summed E-state index contributed by atoms with van der Waals surface area (Å²) in [5.74, 6) is -3.88. The van der Waals surface area contributed by atoms with Crippen LogP contribution in [0.2, 0.25) is 0 Å². The standard InChI is InChI=1S/C39H71NO13/c1-16-27-39(10,45)34(46-13)22(4)29(41)20(2)18-38(9,48-15)33(53-36-30(42)26(40(11)12)17-21(3)49-36)23(5)31(24(6)35(44)51-27)52-28-19-37(8,47-14)32(43)25(7)50-28/h20-28,30-34,36,42-43,45H,16-19H2,1-15H3/t20-,21+,22-,23+,24+,25-,26-,27-,28-,30-,31+,32-,33-,34+,36-,37-,38+,39-/m0/s1. The van der Waals surface area contributed by atoms with Crippen LogP contribution in [0.4, 0.5) is 0 Å². The number of carbonyl (C=O) groups excluding carboxylic acids is 2. The van der Waals surface area contributed by atoms with Gasteiger partial charge in [-0.1, -0.05) is 27.7 Å². The molecule has 3 N–H and O–H groups in total. The molecule has 0 radical (unpaired) electrons. The van der Waals surface area contributed by atoms with Crippen LogP contribution in [-0.4, -0.2) is 152 Å². The molecule has 310 valence electrons. The molecular weight excluding hydrogens is 690 g/mol. The molecule has 0 unspecified atom stereocenters. The van der Waals surface area contributed by atoms with Gasteiger partial charge in [-0.15, -0.1) is 0 Å². The number of esters is 1. The van der Waals surface area contributed by atoms with Gasteiger partial charge in [-0.05, 0) is 74.9 Å². The third kappa shape index (κ3) is 9.81. The number of methoxy groups -OCH3 is 3. The van der Waals surface area contributed by atoms with Crippen molar-refractivity contribution in [3.63, 3.8) is 0 Å². The molecule has 3 heterocycles. The number of hydrogen-bond donors (Lipinski definition) is 3. The summed E-state index contributed by atoms with van der Waals surface area (Å²) in [7, 11) is 8.26. The Labute approximate surface area is 317 Å². The molecular formula is C39H71NO13. The number of ketones is 1. The molecule has 18 atom stereocenters. The monoisotopic (exact) mass is 761 g/mol. The molecule has 3 aliphatic rings. The van der Waals surface area contributed by atoms with Gasteiger partial charge < -0.3 is 58.1 Å². The molecule has 0 aromatic carbocycles. The third-order valence-electron chi connectivity index (χ3n) is 12.5. The van der Waals surface area contributed by atoms with Gasteiger partial charge in [0.05, 0.1) is 47.6 Å². The van der Waals surface area contributed by atoms with E-state index in [0.29, 0.717) is 6.42 Å². The number of likely N-dealkylation sites (N-methyl/N-ethyl adjacent to an activating group) is 1. The van der Waals surface area contributed by atoms with Crippen molar-refractivity contribution in [1.29, 1.82) is 0 Å². The second-order valence-corrected chi connectivity index (χ2v) is 16.8. The largest absolute Gasteiger partial charge is 0.459 e. The Kier molecular flexibility index (Phi) is 15.9. The van der Waals surface area contributed by atoms with Crippen LogP contribution in [-0.2, 0) is 47.5 Å². The summed E-state index contributed by atoms with van der Waals surface area (Å²) in [6.45, 7) is 17.7. The van der Waals surface area contributed by atoms with E-state index in [0.717, 1.165) is 0 Å². The van der Waals surface area contributed by atoms with Crippen molar-refractivity contribution in [2.75, 3.05) is 35.4 Å². The Balaban J connectivity index is 2.24. The average molecular weight is 762 g/mol. The quantitative estimate of drug-likeness (QED) is 0.293. The van der Waals surface area contributed by atoms with Crippen molar-refractivity contribution in [3.8, 4) is 0 Å². The predicted molar refractivity (Wildman–Crippen MR) is 196 cm³/mol. The SMILES string of the molecule is CC[C@@H]1OC(=O)[C@H](C)[C@H](O[C@H]2C[C@](C)(OC)[C@@H](O)[C@H](C)O2)[C@@H](C)[C@H](O[C@@H]2O[C@H](C)C[C@H](N(C)C)[C@@H]2O)[C@](C)(OC)C[C@H](C)C(=O)[C@H](C)[C@@H](OC)[C@@]1(C)O. The van der Waals surface area contributed by atoms with Crippen molar-refractivity contribution in [2.45, 2.75) is 179 Å². The minimum atomic E-state index is -1.73. The Bertz CT molecular complexity index is 1200. The van der Waals surface area contributed by atoms with Gasteiger partial charge in [0, 0.05) is 51.5 Å². The summed E-state index contributed by atoms with van der Waals surface area (Å²) >= 11 is 0. The van der Waals surface area contributed by atoms with Crippen LogP contribution in [0.15, 0.2) is 0 Å². The van der Waals surface area contributed by atoms with Gasteiger partial charge in [0.2, 0.25) is 0 Å². The number of aliphatic hydroxyl groups is 3. The summed E-state index contributed by atoms with van der Waals surface area (Å²) in [6.07, 6.45) is -7.72. The lowest BCUT2D eigenvalue weighted by Crippen LogP contribution is -2.61. The van der Waals surface area contributed by atoms with E-state index in [1.54, 1.807) is 34.6 Å². The van der Waals surface area contributed by atoms with Gasteiger partial charge in [0.25, 0.3) is 0 Å². The Morgan fingerprint density at radius 3 is 1.98 bits per heavy atom. The zero-order valence-corrected chi connectivity index (χ0v) is 34.9. The molecule has 0 amide bonds. The number of rotatable bonds is 9. The van der Waals surface area contributed by atoms with Gasteiger partial charge in [-0.25, -0.2) is 0 Å². The lowest BCUT2D eigenvalue weighted by atomic mass is 9.73. The number of nitrogens with zero attached hydrogens (tertiary/aromatic N) is 1. The van der Waals surface area contributed by atoms with Crippen molar-refractivity contribution in [3.05, 3.63) is 0 Å². The second kappa shape index (κ2) is 18.3. The number of carbonyl (C=O) groups is 2. The highest BCUT2D eigenvalue weighted by molar-refractivity contribution is 5.83. The highest BCUT2D eigenvalue weighted by Crippen LogP contribution is 2.42. The Morgan fingerprint density at radius 2 is 1.45 bits per heavy atom. The Hall–Kier alpha value is -1.30. The number of hydrogen-bond acceptors (Lipinski definition) is 14. The molecule has 0 aliphatic carbocycles. The average Bonchev–Trinajstić information content (AvgIpc) is 3.10. The molecule has 0 saturated carbocycles. The first-order valence-electron chi connectivity index (χ1n) is 19.3. The molecule has 0 aromatic heterocycles. The lowest BCUT2D eigenvalue weighted by Gasteiger charge is -2.50. The van der Waals surface area contributed by atoms with Gasteiger partial charge in [-0.3, -0.25) is 9.59 Å². The maximum Gasteiger partial charge on any atom is 0.311 e. The third-order valence-corrected chi connectivity index (χ3v) is 12.5. The zero-order valence-electron chi connectivity index (χ0n) is 34.9. The van der Waals surface area contributed by atoms with E-state index in [-0.39, 0.29) is 37.2 Å². The van der Waals surface area contributed by atoms with E-state index in [1.165, 1.54) is 28.3 Å². The molecule has 0 bridgehead atoms. The summed E-state index contributed by atoms with van der Waals surface area (Å²) in [5.41, 5.74) is -3.96. The van der Waals surface area contributed by atoms with Crippen LogP contribution >= 0.6 is 0 Å². The number of aliphatic hydroxyl groups excluding tert-OH is 2. The number of ether oxygens (including phenoxy) is 8. The summed E-state index contributed by atoms with van der Waals surface area (Å²) < 4.78 is 50.0. The minimum absolute atomic E-state index is 0.144. The fourth-order valence-corrected chi connectivity index (χ4v) is 9.01. The van der Waals surface area contributed by atoms with E-state index in [4.69, 9.17) is 37.9 Å². The van der Waals surface area contributed by atoms with Gasteiger partial charge in [-0.2, -0.15) is 0 Å². The highest BCUT2D eigenvalue weighted by Gasteiger charge is 2.54. The second-order valence-electron chi connectivity index (χ2n) is 16.8. The van der Waals surface area contributed by atoms with Crippen LogP contribution < -0.4 is 0 Å². The van der Waals surface area contributed by atoms with E-state index in [9.17, 15) is 24.9 Å². The van der Waals surface area contributed by atoms with Crippen molar-refractivity contribution in [1.82, 2.24) is 4.90 Å². The molecule has 0 aromatic rings. The topological polar surface area (TPSA) is 172 Å². The van der Waals surface area contributed by atoms with Crippen LogP contribution in [0.5, 0.6) is 0 Å². The first kappa shape index (κ1) is 46.1. The summed E-state index contributed by atoms with van der Waals surface area (Å²) in [4.78, 5) is 30.5. The first-order valence-corrected chi connectivity index (χ1v) is 19.3. The molecule has 0 spiro atoms. The zero-order chi connectivity index (χ0) is 40.4. The van der Waals surface area contributed by atoms with Gasteiger partial charge in [0.15, 0.2) is 12.6 Å². The maximum atomic E-state index is 14.3. The predicted octanol–water partition coefficient (Wildman–Crippen LogP) is 3.09. The maximum absolute atomic E-state index is 14.3. The van der Waals surface area contributed by atoms with Crippen LogP contribution in [0, 0.1) is 23.7 Å². The summed E-state index contributed by atoms with van der Waals surface area (Å²) in [5, 5.41) is 34.5. The molecule has 14 heteroatoms. The van der Waals surface area contributed by atoms with Crippen LogP contribution in [0.1, 0.15) is 94.9 Å². The number of Topliss-reactive ketones (excluding diaryl/α,β-unsaturated/α-hetero) is 1. The molecule has 3 saturated heterocycles. The normalized spacial score (nSPS) is 48.3. The van der Waals surface area contributed by atoms with Crippen molar-refractivity contribution in [2.24, 2.45) is 23.7 Å². The lowest BCUT2D eigenvalue weighted by molar-refractivity contribution is -0.319. The minimum Gasteiger partial charge on any atom is -0.459 e. The molecule has 14 nitrogen and oxygen atoms in total. The molecule has 3 aliphatic heterocycles. The van der Waals surface area contributed by atoms with E-state index in [1.807, 2.05) is 46.7 Å². The van der Waals surface area contributed by atoms with Crippen molar-refractivity contribution >= 4 is 11.8 Å². The molecule has 3 rings (SSSR count). The smallest absolute Gasteiger partial charge is 0.311 e. The molecule has 53 heavy (non-hydrogen) atoms. The van der Waals surface area contributed by atoms with Gasteiger partial charge in [0.1, 0.15) is 29.7 Å². The highest BCUT2D eigenvalue weighted by atomic mass is 16.7. The van der Waals surface area contributed by atoms with Crippen LogP contribution in [0.3, 0.4) is 0 Å². The van der Waals surface area contributed by atoms with Crippen LogP contribution in [0.25, 0.3) is 0 Å². The fraction of sp³-hybridized carbons (Fsp3) is 0.949. The first-order chi connectivity index (χ1) is 24.5. The van der Waals surface area contributed by atoms with E-state index in [2.05, 4.69) is 0 Å². The summed E-state index contributed by atoms with van der Waals surface area (Å²) in [6, 6.07) is -0.270. The fourth-order valence-electron chi connectivity index (χ4n) is 9.01.